The van der Waals surface area contributed by atoms with Gasteiger partial charge in [-0.05, 0) is 19.0 Å². The second kappa shape index (κ2) is 8.42. The molecule has 0 aliphatic heterocycles. The number of aliphatic hydroxyl groups excluding tert-OH is 1. The molecular formula is C18H23N3O3. The first-order valence-corrected chi connectivity index (χ1v) is 7.98. The molecule has 4 N–H and O–H groups in total. The Bertz CT molecular complexity index is 695. The summed E-state index contributed by atoms with van der Waals surface area (Å²) in [6, 6.07) is 9.29. The van der Waals surface area contributed by atoms with Crippen LogP contribution in [0, 0.1) is 6.92 Å². The van der Waals surface area contributed by atoms with E-state index in [0.717, 1.165) is 12.1 Å². The number of amides is 1. The van der Waals surface area contributed by atoms with Crippen LogP contribution >= 0.6 is 0 Å². The summed E-state index contributed by atoms with van der Waals surface area (Å²) in [5, 5.41) is 15.6. The predicted octanol–water partition coefficient (Wildman–Crippen LogP) is 1.50. The number of H-pyrrole nitrogens is 1. The monoisotopic (exact) mass is 329 g/mol. The molecule has 1 aromatic carbocycles. The molecule has 0 saturated heterocycles. The van der Waals surface area contributed by atoms with E-state index in [-0.39, 0.29) is 12.5 Å². The average Bonchev–Trinajstić information content (AvgIpc) is 2.95. The number of carbonyl (C=O) groups excluding carboxylic acids is 2. The smallest absolute Gasteiger partial charge is 0.253 e. The van der Waals surface area contributed by atoms with Gasteiger partial charge in [-0.1, -0.05) is 37.3 Å². The lowest BCUT2D eigenvalue weighted by Crippen LogP contribution is -2.38. The van der Waals surface area contributed by atoms with Gasteiger partial charge in [0.1, 0.15) is 0 Å². The molecule has 128 valence electrons. The van der Waals surface area contributed by atoms with Crippen molar-refractivity contribution in [3.05, 3.63) is 47.3 Å². The highest BCUT2D eigenvalue weighted by atomic mass is 16.3. The molecule has 0 bridgehead atoms. The molecule has 1 heterocycles. The molecule has 0 aliphatic rings. The number of rotatable bonds is 8. The van der Waals surface area contributed by atoms with Crippen LogP contribution in [0.2, 0.25) is 0 Å². The van der Waals surface area contributed by atoms with Crippen LogP contribution in [0.5, 0.6) is 0 Å². The van der Waals surface area contributed by atoms with Crippen molar-refractivity contribution in [2.45, 2.75) is 20.0 Å². The molecule has 6 heteroatoms. The SMILES string of the molecule is CCNCC(O)CNC(=O)c1c(C)[nH]c(C=O)c1-c1ccccc1. The van der Waals surface area contributed by atoms with E-state index in [4.69, 9.17) is 0 Å². The van der Waals surface area contributed by atoms with Crippen molar-refractivity contribution >= 4 is 12.2 Å². The predicted molar refractivity (Wildman–Crippen MR) is 93.2 cm³/mol. The van der Waals surface area contributed by atoms with Gasteiger partial charge < -0.3 is 20.7 Å². The highest BCUT2D eigenvalue weighted by Gasteiger charge is 2.22. The number of benzene rings is 1. The van der Waals surface area contributed by atoms with E-state index in [1.165, 1.54) is 0 Å². The minimum absolute atomic E-state index is 0.140. The number of hydrogen-bond donors (Lipinski definition) is 4. The number of aryl methyl sites for hydroxylation is 1. The quantitative estimate of drug-likeness (QED) is 0.552. The second-order valence-corrected chi connectivity index (χ2v) is 5.57. The molecule has 1 unspecified atom stereocenters. The van der Waals surface area contributed by atoms with E-state index >= 15 is 0 Å². The van der Waals surface area contributed by atoms with Gasteiger partial charge in [-0.2, -0.15) is 0 Å². The van der Waals surface area contributed by atoms with Crippen molar-refractivity contribution < 1.29 is 14.7 Å². The third-order valence-electron chi connectivity index (χ3n) is 3.75. The molecule has 1 amide bonds. The Morgan fingerprint density at radius 3 is 2.62 bits per heavy atom. The Labute approximate surface area is 141 Å². The van der Waals surface area contributed by atoms with Gasteiger partial charge in [-0.25, -0.2) is 0 Å². The number of hydrogen-bond acceptors (Lipinski definition) is 4. The van der Waals surface area contributed by atoms with Crippen molar-refractivity contribution in [3.8, 4) is 11.1 Å². The maximum Gasteiger partial charge on any atom is 0.253 e. The summed E-state index contributed by atoms with van der Waals surface area (Å²) >= 11 is 0. The number of likely N-dealkylation sites (N-methyl/N-ethyl adjacent to an activating group) is 1. The fraction of sp³-hybridized carbons (Fsp3) is 0.333. The standard InChI is InChI=1S/C18H23N3O3/c1-3-19-9-14(23)10-20-18(24)16-12(2)21-15(11-22)17(16)13-7-5-4-6-8-13/h4-8,11,14,19,21,23H,3,9-10H2,1-2H3,(H,20,24). The zero-order valence-electron chi connectivity index (χ0n) is 13.9. The Morgan fingerprint density at radius 1 is 1.29 bits per heavy atom. The third-order valence-corrected chi connectivity index (χ3v) is 3.75. The fourth-order valence-electron chi connectivity index (χ4n) is 2.61. The van der Waals surface area contributed by atoms with Gasteiger partial charge >= 0.3 is 0 Å². The average molecular weight is 329 g/mol. The van der Waals surface area contributed by atoms with E-state index in [0.29, 0.717) is 35.3 Å². The Balaban J connectivity index is 2.25. The lowest BCUT2D eigenvalue weighted by atomic mass is 10.00. The molecular weight excluding hydrogens is 306 g/mol. The molecule has 1 aromatic heterocycles. The molecule has 2 rings (SSSR count). The summed E-state index contributed by atoms with van der Waals surface area (Å²) in [5.74, 6) is -0.314. The van der Waals surface area contributed by atoms with Gasteiger partial charge in [0.2, 0.25) is 0 Å². The molecule has 1 atom stereocenters. The van der Waals surface area contributed by atoms with Crippen LogP contribution in [0.4, 0.5) is 0 Å². The van der Waals surface area contributed by atoms with E-state index in [2.05, 4.69) is 15.6 Å². The van der Waals surface area contributed by atoms with Crippen LogP contribution in [-0.2, 0) is 0 Å². The first-order valence-electron chi connectivity index (χ1n) is 7.98. The molecule has 0 spiro atoms. The molecule has 0 aliphatic carbocycles. The first kappa shape index (κ1) is 17.9. The molecule has 0 saturated carbocycles. The molecule has 0 fully saturated rings. The Kier molecular flexibility index (Phi) is 6.28. The van der Waals surface area contributed by atoms with E-state index < -0.39 is 6.10 Å². The van der Waals surface area contributed by atoms with Crippen molar-refractivity contribution in [1.29, 1.82) is 0 Å². The number of carbonyl (C=O) groups is 2. The molecule has 2 aromatic rings. The Morgan fingerprint density at radius 2 is 2.00 bits per heavy atom. The van der Waals surface area contributed by atoms with Gasteiger partial charge in [-0.15, -0.1) is 0 Å². The van der Waals surface area contributed by atoms with Crippen LogP contribution in [0.3, 0.4) is 0 Å². The number of nitrogens with one attached hydrogen (secondary N) is 3. The summed E-state index contributed by atoms with van der Waals surface area (Å²) in [7, 11) is 0. The lowest BCUT2D eigenvalue weighted by Gasteiger charge is -2.13. The first-order chi connectivity index (χ1) is 11.6. The largest absolute Gasteiger partial charge is 0.390 e. The summed E-state index contributed by atoms with van der Waals surface area (Å²) < 4.78 is 0. The maximum absolute atomic E-state index is 12.6. The number of aromatic amines is 1. The lowest BCUT2D eigenvalue weighted by molar-refractivity contribution is 0.0916. The van der Waals surface area contributed by atoms with E-state index in [9.17, 15) is 14.7 Å². The second-order valence-electron chi connectivity index (χ2n) is 5.57. The summed E-state index contributed by atoms with van der Waals surface area (Å²) in [6.45, 7) is 5.00. The number of aliphatic hydroxyl groups is 1. The van der Waals surface area contributed by atoms with Crippen LogP contribution in [-0.4, -0.2) is 48.0 Å². The van der Waals surface area contributed by atoms with E-state index in [1.54, 1.807) is 6.92 Å². The minimum Gasteiger partial charge on any atom is -0.390 e. The summed E-state index contributed by atoms with van der Waals surface area (Å²) in [6.07, 6.45) is 0.0467. The molecule has 6 nitrogen and oxygen atoms in total. The van der Waals surface area contributed by atoms with Crippen molar-refractivity contribution in [3.63, 3.8) is 0 Å². The third kappa shape index (κ3) is 4.10. The van der Waals surface area contributed by atoms with E-state index in [1.807, 2.05) is 37.3 Å². The normalized spacial score (nSPS) is 12.0. The van der Waals surface area contributed by atoms with Gasteiger partial charge in [0, 0.05) is 24.3 Å². The highest BCUT2D eigenvalue weighted by molar-refractivity contribution is 6.06. The van der Waals surface area contributed by atoms with Crippen molar-refractivity contribution in [2.24, 2.45) is 0 Å². The molecule has 0 radical (unpaired) electrons. The maximum atomic E-state index is 12.6. The Hall–Kier alpha value is -2.44. The fourth-order valence-corrected chi connectivity index (χ4v) is 2.61. The summed E-state index contributed by atoms with van der Waals surface area (Å²) in [4.78, 5) is 26.9. The summed E-state index contributed by atoms with van der Waals surface area (Å²) in [5.41, 5.74) is 2.80. The van der Waals surface area contributed by atoms with Gasteiger partial charge in [0.25, 0.3) is 5.91 Å². The van der Waals surface area contributed by atoms with Crippen LogP contribution in [0.15, 0.2) is 30.3 Å². The van der Waals surface area contributed by atoms with Gasteiger partial charge in [0.15, 0.2) is 6.29 Å². The highest BCUT2D eigenvalue weighted by Crippen LogP contribution is 2.29. The topological polar surface area (TPSA) is 94.2 Å². The number of aromatic nitrogens is 1. The van der Waals surface area contributed by atoms with Crippen LogP contribution < -0.4 is 10.6 Å². The van der Waals surface area contributed by atoms with Crippen molar-refractivity contribution in [1.82, 2.24) is 15.6 Å². The number of aldehydes is 1. The minimum atomic E-state index is -0.668. The zero-order chi connectivity index (χ0) is 17.5. The van der Waals surface area contributed by atoms with Gasteiger partial charge in [0.05, 0.1) is 17.4 Å². The van der Waals surface area contributed by atoms with Crippen LogP contribution in [0.25, 0.3) is 11.1 Å². The van der Waals surface area contributed by atoms with Crippen LogP contribution in [0.1, 0.15) is 33.5 Å². The van der Waals surface area contributed by atoms with Gasteiger partial charge in [-0.3, -0.25) is 9.59 Å². The zero-order valence-corrected chi connectivity index (χ0v) is 13.9. The molecule has 24 heavy (non-hydrogen) atoms. The van der Waals surface area contributed by atoms with Crippen molar-refractivity contribution in [2.75, 3.05) is 19.6 Å².